The number of aromatic nitrogens is 1. The lowest BCUT2D eigenvalue weighted by Gasteiger charge is -2.40. The van der Waals surface area contributed by atoms with Crippen LogP contribution in [0.2, 0.25) is 0 Å². The highest BCUT2D eigenvalue weighted by atomic mass is 16.5. The molecule has 14 heavy (non-hydrogen) atoms. The maximum atomic E-state index is 5.43. The number of hydrogen-bond acceptors (Lipinski definition) is 5. The normalized spacial score (nSPS) is 19.0. The number of hydrogen-bond donors (Lipinski definition) is 1. The first-order valence-electron chi connectivity index (χ1n) is 4.53. The number of nitrogens with one attached hydrogen (secondary N) is 1. The first-order chi connectivity index (χ1) is 6.78. The molecule has 2 heterocycles. The molecular formula is C9H14N2O3. The molecule has 0 aliphatic carbocycles. The van der Waals surface area contributed by atoms with E-state index in [0.29, 0.717) is 5.88 Å². The van der Waals surface area contributed by atoms with Crippen LogP contribution < -0.4 is 10.1 Å². The van der Waals surface area contributed by atoms with Crippen molar-refractivity contribution in [3.63, 3.8) is 0 Å². The summed E-state index contributed by atoms with van der Waals surface area (Å²) >= 11 is 0. The highest BCUT2D eigenvalue weighted by molar-refractivity contribution is 5.14. The van der Waals surface area contributed by atoms with Gasteiger partial charge in [0, 0.05) is 32.7 Å². The van der Waals surface area contributed by atoms with Gasteiger partial charge in [-0.1, -0.05) is 0 Å². The molecule has 1 saturated heterocycles. The number of nitrogens with zero attached hydrogens (tertiary/aromatic N) is 1. The zero-order chi connectivity index (χ0) is 10.0. The Balaban J connectivity index is 2.02. The zero-order valence-electron chi connectivity index (χ0n) is 8.37. The smallest absolute Gasteiger partial charge is 0.254 e. The highest BCUT2D eigenvalue weighted by Crippen LogP contribution is 2.23. The van der Waals surface area contributed by atoms with Gasteiger partial charge in [-0.2, -0.15) is 0 Å². The Hall–Kier alpha value is -1.07. The van der Waals surface area contributed by atoms with E-state index in [1.165, 1.54) is 0 Å². The van der Waals surface area contributed by atoms with Crippen molar-refractivity contribution in [2.24, 2.45) is 0 Å². The Bertz CT molecular complexity index is 301. The fourth-order valence-corrected chi connectivity index (χ4v) is 1.54. The molecule has 5 nitrogen and oxygen atoms in total. The van der Waals surface area contributed by atoms with Gasteiger partial charge in [-0.3, -0.25) is 0 Å². The Kier molecular flexibility index (Phi) is 2.43. The zero-order valence-corrected chi connectivity index (χ0v) is 8.37. The van der Waals surface area contributed by atoms with Crippen LogP contribution >= 0.6 is 0 Å². The van der Waals surface area contributed by atoms with Gasteiger partial charge < -0.3 is 19.3 Å². The average Bonchev–Trinajstić information content (AvgIpc) is 2.59. The summed E-state index contributed by atoms with van der Waals surface area (Å²) in [5.74, 6) is 1.31. The van der Waals surface area contributed by atoms with Crippen molar-refractivity contribution in [3.8, 4) is 5.88 Å². The Labute approximate surface area is 82.4 Å². The molecule has 1 aliphatic heterocycles. The molecule has 0 saturated carbocycles. The Morgan fingerprint density at radius 3 is 2.79 bits per heavy atom. The minimum Gasteiger partial charge on any atom is -0.479 e. The van der Waals surface area contributed by atoms with Crippen molar-refractivity contribution in [3.05, 3.63) is 11.8 Å². The van der Waals surface area contributed by atoms with Crippen molar-refractivity contribution in [2.75, 3.05) is 27.3 Å². The second-order valence-electron chi connectivity index (χ2n) is 3.50. The van der Waals surface area contributed by atoms with E-state index in [4.69, 9.17) is 14.0 Å². The van der Waals surface area contributed by atoms with Gasteiger partial charge in [0.2, 0.25) is 0 Å². The summed E-state index contributed by atoms with van der Waals surface area (Å²) in [6.07, 6.45) is 0.729. The van der Waals surface area contributed by atoms with E-state index >= 15 is 0 Å². The largest absolute Gasteiger partial charge is 0.479 e. The van der Waals surface area contributed by atoms with Gasteiger partial charge in [-0.15, -0.1) is 0 Å². The first-order valence-corrected chi connectivity index (χ1v) is 4.53. The number of methoxy groups -OCH3 is 2. The van der Waals surface area contributed by atoms with Crippen LogP contribution in [0.25, 0.3) is 0 Å². The fourth-order valence-electron chi connectivity index (χ4n) is 1.54. The van der Waals surface area contributed by atoms with E-state index in [0.717, 1.165) is 25.3 Å². The van der Waals surface area contributed by atoms with Gasteiger partial charge in [-0.05, 0) is 5.16 Å². The minimum absolute atomic E-state index is 0.120. The molecule has 78 valence electrons. The van der Waals surface area contributed by atoms with Crippen molar-refractivity contribution in [1.29, 1.82) is 0 Å². The molecule has 1 aromatic rings. The van der Waals surface area contributed by atoms with Crippen LogP contribution in [0.1, 0.15) is 5.76 Å². The first kappa shape index (κ1) is 9.48. The standard InChI is InChI=1S/C9H14N2O3/c1-12-8-3-7(14-11-8)4-9(13-2)5-10-6-9/h3,10H,4-6H2,1-2H3. The van der Waals surface area contributed by atoms with Crippen molar-refractivity contribution >= 4 is 0 Å². The Morgan fingerprint density at radius 2 is 2.36 bits per heavy atom. The van der Waals surface area contributed by atoms with Crippen molar-refractivity contribution in [2.45, 2.75) is 12.0 Å². The van der Waals surface area contributed by atoms with Gasteiger partial charge in [-0.25, -0.2) is 0 Å². The molecule has 0 unspecified atom stereocenters. The van der Waals surface area contributed by atoms with Crippen LogP contribution in [-0.2, 0) is 11.2 Å². The molecule has 0 radical (unpaired) electrons. The number of ether oxygens (including phenoxy) is 2. The van der Waals surface area contributed by atoms with Gasteiger partial charge in [0.15, 0.2) is 0 Å². The van der Waals surface area contributed by atoms with Gasteiger partial charge in [0.1, 0.15) is 5.76 Å². The monoisotopic (exact) mass is 198 g/mol. The lowest BCUT2D eigenvalue weighted by molar-refractivity contribution is -0.0540. The van der Waals surface area contributed by atoms with Crippen LogP contribution in [0.15, 0.2) is 10.6 Å². The highest BCUT2D eigenvalue weighted by Gasteiger charge is 2.38. The lowest BCUT2D eigenvalue weighted by atomic mass is 9.91. The van der Waals surface area contributed by atoms with E-state index < -0.39 is 0 Å². The van der Waals surface area contributed by atoms with Crippen LogP contribution in [0.5, 0.6) is 5.88 Å². The van der Waals surface area contributed by atoms with E-state index in [1.807, 2.05) is 0 Å². The third-order valence-corrected chi connectivity index (χ3v) is 2.57. The molecular weight excluding hydrogens is 184 g/mol. The SMILES string of the molecule is COc1cc(CC2(OC)CNC2)on1. The van der Waals surface area contributed by atoms with E-state index in [2.05, 4.69) is 10.5 Å². The average molecular weight is 198 g/mol. The Morgan fingerprint density at radius 1 is 1.57 bits per heavy atom. The quantitative estimate of drug-likeness (QED) is 0.749. The van der Waals surface area contributed by atoms with Crippen LogP contribution in [-0.4, -0.2) is 38.1 Å². The van der Waals surface area contributed by atoms with E-state index in [9.17, 15) is 0 Å². The summed E-state index contributed by atoms with van der Waals surface area (Å²) in [4.78, 5) is 0. The van der Waals surface area contributed by atoms with E-state index in [1.54, 1.807) is 20.3 Å². The third kappa shape index (κ3) is 1.60. The molecule has 0 atom stereocenters. The van der Waals surface area contributed by atoms with Crippen molar-refractivity contribution < 1.29 is 14.0 Å². The third-order valence-electron chi connectivity index (χ3n) is 2.57. The van der Waals surface area contributed by atoms with Crippen molar-refractivity contribution in [1.82, 2.24) is 10.5 Å². The lowest BCUT2D eigenvalue weighted by Crippen LogP contribution is -2.61. The molecule has 5 heteroatoms. The molecule has 0 spiro atoms. The second-order valence-corrected chi connectivity index (χ2v) is 3.50. The topological polar surface area (TPSA) is 56.5 Å². The predicted molar refractivity (Wildman–Crippen MR) is 49.4 cm³/mol. The maximum Gasteiger partial charge on any atom is 0.254 e. The van der Waals surface area contributed by atoms with E-state index in [-0.39, 0.29) is 5.60 Å². The summed E-state index contributed by atoms with van der Waals surface area (Å²) in [7, 11) is 3.28. The summed E-state index contributed by atoms with van der Waals surface area (Å²) in [6, 6.07) is 1.79. The molecule has 1 aliphatic rings. The van der Waals surface area contributed by atoms with Gasteiger partial charge >= 0.3 is 0 Å². The van der Waals surface area contributed by atoms with Gasteiger partial charge in [0.25, 0.3) is 5.88 Å². The van der Waals surface area contributed by atoms with Crippen LogP contribution in [0.3, 0.4) is 0 Å². The predicted octanol–water partition coefficient (Wildman–Crippen LogP) is 0.214. The second kappa shape index (κ2) is 3.59. The number of rotatable bonds is 4. The molecule has 1 fully saturated rings. The molecule has 0 aromatic carbocycles. The fraction of sp³-hybridized carbons (Fsp3) is 0.667. The summed E-state index contributed by atoms with van der Waals surface area (Å²) in [5, 5.41) is 6.91. The molecule has 0 bridgehead atoms. The van der Waals surface area contributed by atoms with Crippen LogP contribution in [0, 0.1) is 0 Å². The minimum atomic E-state index is -0.120. The molecule has 1 N–H and O–H groups in total. The molecule has 2 rings (SSSR count). The van der Waals surface area contributed by atoms with Crippen LogP contribution in [0.4, 0.5) is 0 Å². The maximum absolute atomic E-state index is 5.43. The molecule has 1 aromatic heterocycles. The summed E-state index contributed by atoms with van der Waals surface area (Å²) in [5.41, 5.74) is -0.120. The van der Waals surface area contributed by atoms with Gasteiger partial charge in [0.05, 0.1) is 12.7 Å². The summed E-state index contributed by atoms with van der Waals surface area (Å²) < 4.78 is 15.5. The molecule has 0 amide bonds. The summed E-state index contributed by atoms with van der Waals surface area (Å²) in [6.45, 7) is 1.71.